The number of nitrogens with zero attached hydrogens (tertiary/aromatic N) is 1. The number of hydrogen-bond donors (Lipinski definition) is 1. The molecule has 0 spiro atoms. The summed E-state index contributed by atoms with van der Waals surface area (Å²) < 4.78 is 34.0. The zero-order chi connectivity index (χ0) is 19.0. The predicted octanol–water partition coefficient (Wildman–Crippen LogP) is 4.76. The van der Waals surface area contributed by atoms with Crippen molar-refractivity contribution in [3.05, 3.63) is 52.0 Å². The fraction of sp³-hybridized carbons (Fsp3) is 0.316. The molecule has 1 unspecified atom stereocenters. The van der Waals surface area contributed by atoms with Crippen LogP contribution in [0.3, 0.4) is 0 Å². The van der Waals surface area contributed by atoms with Gasteiger partial charge in [-0.05, 0) is 36.3 Å². The number of aromatic nitrogens is 1. The van der Waals surface area contributed by atoms with E-state index in [0.29, 0.717) is 28.5 Å². The van der Waals surface area contributed by atoms with Gasteiger partial charge in [0.25, 0.3) is 0 Å². The van der Waals surface area contributed by atoms with Gasteiger partial charge in [-0.2, -0.15) is 0 Å². The average molecular weight is 382 g/mol. The summed E-state index contributed by atoms with van der Waals surface area (Å²) in [6, 6.07) is 3.41. The Hall–Kier alpha value is -2.34. The quantitative estimate of drug-likeness (QED) is 0.812. The van der Waals surface area contributed by atoms with Gasteiger partial charge in [0.15, 0.2) is 6.17 Å². The molecule has 3 rings (SSSR count). The van der Waals surface area contributed by atoms with Crippen molar-refractivity contribution in [3.8, 4) is 5.75 Å². The molecule has 0 aliphatic heterocycles. The lowest BCUT2D eigenvalue weighted by Crippen LogP contribution is -2.10. The van der Waals surface area contributed by atoms with Crippen molar-refractivity contribution in [3.63, 3.8) is 0 Å². The molecular formula is C19H18ClF2NO3. The van der Waals surface area contributed by atoms with Crippen LogP contribution in [-0.4, -0.2) is 28.9 Å². The van der Waals surface area contributed by atoms with Gasteiger partial charge in [0, 0.05) is 24.0 Å². The zero-order valence-electron chi connectivity index (χ0n) is 14.4. The second-order valence-electron chi connectivity index (χ2n) is 6.24. The largest absolute Gasteiger partial charge is 0.495 e. The Morgan fingerprint density at radius 1 is 1.46 bits per heavy atom. The van der Waals surface area contributed by atoms with Crippen LogP contribution < -0.4 is 4.74 Å². The number of fused-ring (bicyclic) bond motifs is 1. The Morgan fingerprint density at radius 3 is 2.81 bits per heavy atom. The van der Waals surface area contributed by atoms with Gasteiger partial charge in [-0.25, -0.2) is 8.78 Å². The number of alkyl halides is 1. The zero-order valence-corrected chi connectivity index (χ0v) is 15.1. The number of benzene rings is 1. The Kier molecular flexibility index (Phi) is 5.05. The third kappa shape index (κ3) is 3.33. The van der Waals surface area contributed by atoms with E-state index in [1.807, 2.05) is 4.57 Å². The van der Waals surface area contributed by atoms with E-state index in [9.17, 15) is 18.7 Å². The fourth-order valence-electron chi connectivity index (χ4n) is 3.27. The van der Waals surface area contributed by atoms with E-state index in [1.54, 1.807) is 25.1 Å². The summed E-state index contributed by atoms with van der Waals surface area (Å²) in [7, 11) is 1.49. The number of carboxylic acid groups (broad SMARTS) is 1. The Morgan fingerprint density at radius 2 is 2.19 bits per heavy atom. The first-order valence-corrected chi connectivity index (χ1v) is 8.46. The van der Waals surface area contributed by atoms with Gasteiger partial charge in [0.05, 0.1) is 24.1 Å². The fourth-order valence-corrected chi connectivity index (χ4v) is 3.50. The lowest BCUT2D eigenvalue weighted by molar-refractivity contribution is -0.136. The van der Waals surface area contributed by atoms with Crippen molar-refractivity contribution >= 4 is 28.5 Å². The van der Waals surface area contributed by atoms with Gasteiger partial charge in [0.1, 0.15) is 11.6 Å². The molecule has 0 saturated heterocycles. The van der Waals surface area contributed by atoms with Crippen molar-refractivity contribution < 1.29 is 23.4 Å². The van der Waals surface area contributed by atoms with E-state index in [0.717, 1.165) is 16.6 Å². The van der Waals surface area contributed by atoms with Crippen LogP contribution in [0.2, 0.25) is 5.02 Å². The molecule has 0 fully saturated rings. The second-order valence-corrected chi connectivity index (χ2v) is 6.64. The molecule has 1 aromatic carbocycles. The van der Waals surface area contributed by atoms with Gasteiger partial charge in [-0.3, -0.25) is 4.79 Å². The van der Waals surface area contributed by atoms with E-state index < -0.39 is 18.0 Å². The standard InChI is InChI=1S/C19H18ClF2NO3/c1-10-12(7-19(24)25)13-6-18(26-2)14(20)8-17(13)23(10)9-11-3-4-15(21)16(22)5-11/h3,5-6,8,15H,4,7,9H2,1-2H3,(H,24,25). The lowest BCUT2D eigenvalue weighted by atomic mass is 10.0. The normalized spacial score (nSPS) is 17.2. The van der Waals surface area contributed by atoms with E-state index in [4.69, 9.17) is 16.3 Å². The Bertz CT molecular complexity index is 946. The number of halogens is 3. The summed E-state index contributed by atoms with van der Waals surface area (Å²) in [6.45, 7) is 2.10. The number of hydrogen-bond acceptors (Lipinski definition) is 2. The van der Waals surface area contributed by atoms with Crippen LogP contribution in [0.1, 0.15) is 17.7 Å². The van der Waals surface area contributed by atoms with Crippen LogP contribution in [0.5, 0.6) is 5.75 Å². The van der Waals surface area contributed by atoms with E-state index in [1.165, 1.54) is 13.2 Å². The Labute approximate surface area is 154 Å². The van der Waals surface area contributed by atoms with E-state index in [-0.39, 0.29) is 12.8 Å². The summed E-state index contributed by atoms with van der Waals surface area (Å²) in [5, 5.41) is 10.4. The van der Waals surface area contributed by atoms with Gasteiger partial charge >= 0.3 is 5.97 Å². The van der Waals surface area contributed by atoms with Crippen LogP contribution in [0.25, 0.3) is 10.9 Å². The van der Waals surface area contributed by atoms with E-state index in [2.05, 4.69) is 0 Å². The third-order valence-corrected chi connectivity index (χ3v) is 4.90. The topological polar surface area (TPSA) is 51.5 Å². The van der Waals surface area contributed by atoms with Crippen molar-refractivity contribution in [2.75, 3.05) is 7.11 Å². The number of rotatable bonds is 5. The molecule has 1 aliphatic carbocycles. The number of allylic oxidation sites excluding steroid dienone is 4. The van der Waals surface area contributed by atoms with Gasteiger partial charge in [-0.1, -0.05) is 17.7 Å². The SMILES string of the molecule is COc1cc2c(CC(=O)O)c(C)n(CC3=CCC(F)C(F)=C3)c2cc1Cl. The number of carbonyl (C=O) groups is 1. The molecule has 1 atom stereocenters. The molecule has 0 bridgehead atoms. The highest BCUT2D eigenvalue weighted by molar-refractivity contribution is 6.32. The monoisotopic (exact) mass is 381 g/mol. The van der Waals surface area contributed by atoms with Crippen LogP contribution in [-0.2, 0) is 17.8 Å². The minimum Gasteiger partial charge on any atom is -0.495 e. The number of aliphatic carboxylic acids is 1. The maximum Gasteiger partial charge on any atom is 0.307 e. The minimum absolute atomic E-state index is 0.00746. The smallest absolute Gasteiger partial charge is 0.307 e. The van der Waals surface area contributed by atoms with Crippen molar-refractivity contribution in [1.29, 1.82) is 0 Å². The second kappa shape index (κ2) is 7.11. The molecule has 1 aromatic heterocycles. The summed E-state index contributed by atoms with van der Waals surface area (Å²) in [5.41, 5.74) is 2.74. The highest BCUT2D eigenvalue weighted by atomic mass is 35.5. The number of ether oxygens (including phenoxy) is 1. The van der Waals surface area contributed by atoms with Crippen molar-refractivity contribution in [2.45, 2.75) is 32.5 Å². The molecule has 1 aliphatic rings. The summed E-state index contributed by atoms with van der Waals surface area (Å²) >= 11 is 6.24. The van der Waals surface area contributed by atoms with Crippen LogP contribution in [0.15, 0.2) is 35.7 Å². The highest BCUT2D eigenvalue weighted by Gasteiger charge is 2.21. The molecule has 7 heteroatoms. The van der Waals surface area contributed by atoms with Crippen molar-refractivity contribution in [2.24, 2.45) is 0 Å². The lowest BCUT2D eigenvalue weighted by Gasteiger charge is -2.15. The molecular weight excluding hydrogens is 364 g/mol. The number of methoxy groups -OCH3 is 1. The molecule has 0 amide bonds. The van der Waals surface area contributed by atoms with Crippen molar-refractivity contribution in [1.82, 2.24) is 4.57 Å². The maximum absolute atomic E-state index is 13.6. The average Bonchev–Trinajstić information content (AvgIpc) is 2.82. The third-order valence-electron chi connectivity index (χ3n) is 4.61. The molecule has 1 N–H and O–H groups in total. The molecule has 4 nitrogen and oxygen atoms in total. The van der Waals surface area contributed by atoms with Gasteiger partial charge in [0.2, 0.25) is 0 Å². The number of carboxylic acids is 1. The first-order chi connectivity index (χ1) is 12.3. The minimum atomic E-state index is -1.59. The molecule has 0 saturated carbocycles. The van der Waals surface area contributed by atoms with Crippen LogP contribution >= 0.6 is 11.6 Å². The first kappa shape index (κ1) is 18.5. The van der Waals surface area contributed by atoms with Crippen LogP contribution in [0, 0.1) is 6.92 Å². The molecule has 0 radical (unpaired) electrons. The Balaban J connectivity index is 2.14. The molecule has 1 heterocycles. The van der Waals surface area contributed by atoms with Gasteiger partial charge < -0.3 is 14.4 Å². The molecule has 26 heavy (non-hydrogen) atoms. The van der Waals surface area contributed by atoms with Crippen LogP contribution in [0.4, 0.5) is 8.78 Å². The molecule has 2 aromatic rings. The first-order valence-electron chi connectivity index (χ1n) is 8.09. The van der Waals surface area contributed by atoms with Gasteiger partial charge in [-0.15, -0.1) is 0 Å². The maximum atomic E-state index is 13.6. The molecule has 138 valence electrons. The summed E-state index contributed by atoms with van der Waals surface area (Å²) in [5.74, 6) is -1.29. The van der Waals surface area contributed by atoms with E-state index >= 15 is 0 Å². The summed E-state index contributed by atoms with van der Waals surface area (Å²) in [6.07, 6.45) is 1.09. The highest BCUT2D eigenvalue weighted by Crippen LogP contribution is 2.36. The predicted molar refractivity (Wildman–Crippen MR) is 96.4 cm³/mol. The summed E-state index contributed by atoms with van der Waals surface area (Å²) in [4.78, 5) is 11.3.